The van der Waals surface area contributed by atoms with Gasteiger partial charge in [0.05, 0.1) is 17.8 Å². The van der Waals surface area contributed by atoms with Crippen molar-refractivity contribution in [1.29, 1.82) is 0 Å². The summed E-state index contributed by atoms with van der Waals surface area (Å²) in [5.74, 6) is 0.545. The monoisotopic (exact) mass is 358 g/mol. The molecule has 2 N–H and O–H groups in total. The first-order valence-electron chi connectivity index (χ1n) is 9.30. The molecular weight excluding hydrogens is 336 g/mol. The summed E-state index contributed by atoms with van der Waals surface area (Å²) in [4.78, 5) is 21.2. The molecule has 0 atom stereocenters. The number of para-hydroxylation sites is 1. The van der Waals surface area contributed by atoms with Gasteiger partial charge in [-0.05, 0) is 30.0 Å². The van der Waals surface area contributed by atoms with E-state index in [-0.39, 0.29) is 12.3 Å². The van der Waals surface area contributed by atoms with Gasteiger partial charge < -0.3 is 10.6 Å². The maximum Gasteiger partial charge on any atom is 0.228 e. The summed E-state index contributed by atoms with van der Waals surface area (Å²) < 4.78 is 0. The Balaban J connectivity index is 1.51. The number of benzene rings is 2. The lowest BCUT2D eigenvalue weighted by molar-refractivity contribution is -0.115. The third kappa shape index (κ3) is 3.82. The molecule has 5 heteroatoms. The van der Waals surface area contributed by atoms with E-state index in [1.165, 1.54) is 11.1 Å². The molecule has 4 rings (SSSR count). The standard InChI is InChI=1S/C22H22N4O/c1-2-15-7-9-16(10-8-15)11-12-23-22-24-14-17-13-20(27)25-19-6-4-3-5-18(19)21(17)26-22/h3-10,14H,2,11-13H2,1H3,(H,25,27)(H,23,24,26). The first kappa shape index (κ1) is 17.2. The lowest BCUT2D eigenvalue weighted by atomic mass is 10.1. The molecule has 0 radical (unpaired) electrons. The van der Waals surface area contributed by atoms with Gasteiger partial charge in [0.1, 0.15) is 0 Å². The molecule has 1 aromatic heterocycles. The highest BCUT2D eigenvalue weighted by Gasteiger charge is 2.20. The van der Waals surface area contributed by atoms with Crippen LogP contribution in [0.4, 0.5) is 11.6 Å². The summed E-state index contributed by atoms with van der Waals surface area (Å²) in [6.45, 7) is 2.91. The number of rotatable bonds is 5. The second-order valence-corrected chi connectivity index (χ2v) is 6.68. The fourth-order valence-corrected chi connectivity index (χ4v) is 3.28. The summed E-state index contributed by atoms with van der Waals surface area (Å²) in [5, 5.41) is 6.24. The highest BCUT2D eigenvalue weighted by molar-refractivity contribution is 5.99. The van der Waals surface area contributed by atoms with Crippen molar-refractivity contribution >= 4 is 17.5 Å². The maximum atomic E-state index is 12.1. The van der Waals surface area contributed by atoms with E-state index >= 15 is 0 Å². The van der Waals surface area contributed by atoms with Crippen LogP contribution in [0.25, 0.3) is 11.3 Å². The van der Waals surface area contributed by atoms with Crippen molar-refractivity contribution in [3.63, 3.8) is 0 Å². The molecule has 0 saturated heterocycles. The fraction of sp³-hybridized carbons (Fsp3) is 0.227. The molecule has 2 heterocycles. The molecule has 136 valence electrons. The van der Waals surface area contributed by atoms with Crippen molar-refractivity contribution in [2.45, 2.75) is 26.2 Å². The van der Waals surface area contributed by atoms with E-state index in [1.807, 2.05) is 24.3 Å². The molecule has 0 unspecified atom stereocenters. The molecule has 1 aliphatic heterocycles. The zero-order valence-electron chi connectivity index (χ0n) is 15.3. The number of aromatic nitrogens is 2. The van der Waals surface area contributed by atoms with E-state index in [4.69, 9.17) is 4.98 Å². The van der Waals surface area contributed by atoms with Crippen LogP contribution in [-0.4, -0.2) is 22.4 Å². The van der Waals surface area contributed by atoms with E-state index in [0.29, 0.717) is 5.95 Å². The first-order chi connectivity index (χ1) is 13.2. The third-order valence-corrected chi connectivity index (χ3v) is 4.80. The van der Waals surface area contributed by atoms with E-state index in [0.717, 1.165) is 41.9 Å². The van der Waals surface area contributed by atoms with E-state index in [2.05, 4.69) is 46.8 Å². The Labute approximate surface area is 158 Å². The van der Waals surface area contributed by atoms with Crippen molar-refractivity contribution in [2.75, 3.05) is 17.2 Å². The lowest BCUT2D eigenvalue weighted by Crippen LogP contribution is -2.13. The van der Waals surface area contributed by atoms with Crippen molar-refractivity contribution in [1.82, 2.24) is 9.97 Å². The van der Waals surface area contributed by atoms with Crippen LogP contribution in [0.3, 0.4) is 0 Å². The summed E-state index contributed by atoms with van der Waals surface area (Å²) in [5.41, 5.74) is 6.02. The summed E-state index contributed by atoms with van der Waals surface area (Å²) in [7, 11) is 0. The third-order valence-electron chi connectivity index (χ3n) is 4.80. The average molecular weight is 358 g/mol. The Morgan fingerprint density at radius 3 is 2.67 bits per heavy atom. The van der Waals surface area contributed by atoms with Gasteiger partial charge in [0.25, 0.3) is 0 Å². The Morgan fingerprint density at radius 2 is 1.85 bits per heavy atom. The SMILES string of the molecule is CCc1ccc(CCNc2ncc3c(n2)-c2ccccc2NC(=O)C3)cc1. The largest absolute Gasteiger partial charge is 0.354 e. The predicted octanol–water partition coefficient (Wildman–Crippen LogP) is 3.86. The number of nitrogens with zero attached hydrogens (tertiary/aromatic N) is 2. The number of hydrogen-bond donors (Lipinski definition) is 2. The molecular formula is C22H22N4O. The Morgan fingerprint density at radius 1 is 1.07 bits per heavy atom. The van der Waals surface area contributed by atoms with Crippen LogP contribution in [0.2, 0.25) is 0 Å². The lowest BCUT2D eigenvalue weighted by Gasteiger charge is -2.10. The van der Waals surface area contributed by atoms with Gasteiger partial charge in [-0.3, -0.25) is 4.79 Å². The number of carbonyl (C=O) groups is 1. The molecule has 5 nitrogen and oxygen atoms in total. The molecule has 0 saturated carbocycles. The molecule has 27 heavy (non-hydrogen) atoms. The number of hydrogen-bond acceptors (Lipinski definition) is 4. The smallest absolute Gasteiger partial charge is 0.228 e. The Bertz CT molecular complexity index is 966. The van der Waals surface area contributed by atoms with E-state index in [1.54, 1.807) is 6.20 Å². The Hall–Kier alpha value is -3.21. The van der Waals surface area contributed by atoms with Crippen LogP contribution in [0.1, 0.15) is 23.6 Å². The van der Waals surface area contributed by atoms with Gasteiger partial charge in [-0.2, -0.15) is 0 Å². The molecule has 0 spiro atoms. The van der Waals surface area contributed by atoms with Crippen LogP contribution >= 0.6 is 0 Å². The van der Waals surface area contributed by atoms with Gasteiger partial charge in [0.15, 0.2) is 0 Å². The highest BCUT2D eigenvalue weighted by Crippen LogP contribution is 2.32. The van der Waals surface area contributed by atoms with E-state index in [9.17, 15) is 4.79 Å². The minimum Gasteiger partial charge on any atom is -0.354 e. The number of amides is 1. The second kappa shape index (κ2) is 7.58. The topological polar surface area (TPSA) is 66.9 Å². The minimum atomic E-state index is -0.0407. The molecule has 1 amide bonds. The van der Waals surface area contributed by atoms with Crippen LogP contribution in [0.5, 0.6) is 0 Å². The van der Waals surface area contributed by atoms with E-state index < -0.39 is 0 Å². The molecule has 0 fully saturated rings. The van der Waals surface area contributed by atoms with Gasteiger partial charge >= 0.3 is 0 Å². The van der Waals surface area contributed by atoms with Crippen molar-refractivity contribution in [3.8, 4) is 11.3 Å². The normalized spacial score (nSPS) is 12.6. The van der Waals surface area contributed by atoms with Gasteiger partial charge in [0.2, 0.25) is 11.9 Å². The molecule has 0 aliphatic carbocycles. The maximum absolute atomic E-state index is 12.1. The zero-order valence-corrected chi connectivity index (χ0v) is 15.3. The van der Waals surface area contributed by atoms with Crippen molar-refractivity contribution in [3.05, 3.63) is 71.4 Å². The van der Waals surface area contributed by atoms with Crippen LogP contribution < -0.4 is 10.6 Å². The van der Waals surface area contributed by atoms with Crippen LogP contribution in [0, 0.1) is 0 Å². The number of carbonyl (C=O) groups excluding carboxylic acids is 1. The van der Waals surface area contributed by atoms with Crippen molar-refractivity contribution in [2.24, 2.45) is 0 Å². The minimum absolute atomic E-state index is 0.0407. The van der Waals surface area contributed by atoms with Crippen LogP contribution in [-0.2, 0) is 24.1 Å². The second-order valence-electron chi connectivity index (χ2n) is 6.68. The summed E-state index contributed by atoms with van der Waals surface area (Å²) in [6.07, 6.45) is 4.00. The van der Waals surface area contributed by atoms with Crippen molar-refractivity contribution < 1.29 is 4.79 Å². The predicted molar refractivity (Wildman–Crippen MR) is 108 cm³/mol. The molecule has 3 aromatic rings. The van der Waals surface area contributed by atoms with Gasteiger partial charge in [-0.25, -0.2) is 9.97 Å². The van der Waals surface area contributed by atoms with Crippen LogP contribution in [0.15, 0.2) is 54.7 Å². The molecule has 1 aliphatic rings. The number of fused-ring (bicyclic) bond motifs is 3. The van der Waals surface area contributed by atoms with Gasteiger partial charge in [-0.15, -0.1) is 0 Å². The number of aryl methyl sites for hydroxylation is 1. The number of nitrogens with one attached hydrogen (secondary N) is 2. The molecule has 2 aromatic carbocycles. The first-order valence-corrected chi connectivity index (χ1v) is 9.30. The zero-order chi connectivity index (χ0) is 18.6. The highest BCUT2D eigenvalue weighted by atomic mass is 16.1. The van der Waals surface area contributed by atoms with Gasteiger partial charge in [-0.1, -0.05) is 49.4 Å². The number of anilines is 2. The molecule has 0 bridgehead atoms. The quantitative estimate of drug-likeness (QED) is 0.727. The summed E-state index contributed by atoms with van der Waals surface area (Å²) in [6, 6.07) is 16.4. The van der Waals surface area contributed by atoms with Gasteiger partial charge in [0, 0.05) is 23.9 Å². The average Bonchev–Trinajstić information content (AvgIpc) is 2.84. The fourth-order valence-electron chi connectivity index (χ4n) is 3.28. The Kier molecular flexibility index (Phi) is 4.83. The summed E-state index contributed by atoms with van der Waals surface area (Å²) >= 11 is 0.